The summed E-state index contributed by atoms with van der Waals surface area (Å²) in [5, 5.41) is 0. The second-order valence-electron chi connectivity index (χ2n) is 3.71. The number of carbonyl (C=O) groups is 1. The van der Waals surface area contributed by atoms with E-state index in [1.165, 1.54) is 13.8 Å². The van der Waals surface area contributed by atoms with Crippen LogP contribution in [0.2, 0.25) is 0 Å². The molecule has 0 spiro atoms. The van der Waals surface area contributed by atoms with E-state index in [2.05, 4.69) is 0 Å². The van der Waals surface area contributed by atoms with E-state index in [0.29, 0.717) is 6.07 Å². The monoisotopic (exact) mass is 217 g/mol. The van der Waals surface area contributed by atoms with Crippen LogP contribution in [0.3, 0.4) is 0 Å². The summed E-state index contributed by atoms with van der Waals surface area (Å²) in [6, 6.07) is 1.42. The average Bonchev–Trinajstić information content (AvgIpc) is 2.11. The zero-order valence-corrected chi connectivity index (χ0v) is 8.27. The lowest BCUT2D eigenvalue weighted by atomic mass is 9.83. The van der Waals surface area contributed by atoms with Crippen LogP contribution in [0.25, 0.3) is 0 Å². The molecule has 0 aliphatic carbocycles. The van der Waals surface area contributed by atoms with Crippen molar-refractivity contribution in [3.05, 3.63) is 35.1 Å². The number of hydrogen-bond acceptors (Lipinski definition) is 1. The number of hydrogen-bond donors (Lipinski definition) is 1. The highest BCUT2D eigenvalue weighted by Gasteiger charge is 2.34. The van der Waals surface area contributed by atoms with Gasteiger partial charge in [0.25, 0.3) is 0 Å². The second kappa shape index (κ2) is 3.56. The number of amides is 1. The summed E-state index contributed by atoms with van der Waals surface area (Å²) in [5.74, 6) is -4.50. The minimum absolute atomic E-state index is 0.644. The fourth-order valence-corrected chi connectivity index (χ4v) is 1.22. The van der Waals surface area contributed by atoms with Crippen molar-refractivity contribution in [3.8, 4) is 0 Å². The van der Waals surface area contributed by atoms with Crippen molar-refractivity contribution in [2.45, 2.75) is 19.3 Å². The van der Waals surface area contributed by atoms with Crippen LogP contribution in [-0.2, 0) is 10.2 Å². The van der Waals surface area contributed by atoms with Gasteiger partial charge in [-0.1, -0.05) is 0 Å². The van der Waals surface area contributed by atoms with E-state index in [1.54, 1.807) is 0 Å². The summed E-state index contributed by atoms with van der Waals surface area (Å²) >= 11 is 0. The molecule has 1 aromatic carbocycles. The Morgan fingerprint density at radius 1 is 1.20 bits per heavy atom. The predicted molar refractivity (Wildman–Crippen MR) is 48.5 cm³/mol. The molecule has 0 unspecified atom stereocenters. The van der Waals surface area contributed by atoms with E-state index in [9.17, 15) is 18.0 Å². The molecule has 0 aliphatic rings. The molecule has 0 saturated heterocycles. The van der Waals surface area contributed by atoms with E-state index in [4.69, 9.17) is 5.73 Å². The molecular weight excluding hydrogens is 207 g/mol. The van der Waals surface area contributed by atoms with Crippen LogP contribution in [0.15, 0.2) is 12.1 Å². The van der Waals surface area contributed by atoms with Crippen molar-refractivity contribution in [2.24, 2.45) is 5.73 Å². The van der Waals surface area contributed by atoms with Crippen molar-refractivity contribution in [1.82, 2.24) is 0 Å². The fourth-order valence-electron chi connectivity index (χ4n) is 1.22. The standard InChI is InChI=1S/C10H10F3NO/c1-10(2,9(14)15)7-5(11)3-4-6(12)8(7)13/h3-4H,1-2H3,(H2,14,15). The SMILES string of the molecule is CC(C)(C(N)=O)c1c(F)ccc(F)c1F. The zero-order valence-electron chi connectivity index (χ0n) is 8.27. The van der Waals surface area contributed by atoms with Crippen LogP contribution >= 0.6 is 0 Å². The summed E-state index contributed by atoms with van der Waals surface area (Å²) in [5.41, 5.74) is 2.76. The minimum atomic E-state index is -1.59. The Labute approximate surface area is 84.9 Å². The summed E-state index contributed by atoms with van der Waals surface area (Å²) in [6.07, 6.45) is 0. The molecule has 82 valence electrons. The van der Waals surface area contributed by atoms with Gasteiger partial charge in [0.2, 0.25) is 5.91 Å². The predicted octanol–water partition coefficient (Wildman–Crippen LogP) is 1.87. The lowest BCUT2D eigenvalue weighted by Gasteiger charge is -2.22. The van der Waals surface area contributed by atoms with Crippen molar-refractivity contribution in [2.75, 3.05) is 0 Å². The number of rotatable bonds is 2. The third-order valence-electron chi connectivity index (χ3n) is 2.28. The molecule has 0 fully saturated rings. The van der Waals surface area contributed by atoms with Crippen LogP contribution in [0.1, 0.15) is 19.4 Å². The van der Waals surface area contributed by atoms with Crippen molar-refractivity contribution < 1.29 is 18.0 Å². The van der Waals surface area contributed by atoms with Gasteiger partial charge in [-0.25, -0.2) is 13.2 Å². The van der Waals surface area contributed by atoms with Gasteiger partial charge in [-0.2, -0.15) is 0 Å². The highest BCUT2D eigenvalue weighted by atomic mass is 19.2. The lowest BCUT2D eigenvalue weighted by molar-refractivity contribution is -0.122. The maximum absolute atomic E-state index is 13.3. The van der Waals surface area contributed by atoms with E-state index in [0.717, 1.165) is 6.07 Å². The maximum Gasteiger partial charge on any atom is 0.227 e. The minimum Gasteiger partial charge on any atom is -0.369 e. The molecule has 2 nitrogen and oxygen atoms in total. The molecule has 0 saturated carbocycles. The Balaban J connectivity index is 3.49. The summed E-state index contributed by atoms with van der Waals surface area (Å²) < 4.78 is 39.4. The summed E-state index contributed by atoms with van der Waals surface area (Å²) in [7, 11) is 0. The zero-order chi connectivity index (χ0) is 11.8. The highest BCUT2D eigenvalue weighted by Crippen LogP contribution is 2.29. The van der Waals surface area contributed by atoms with E-state index >= 15 is 0 Å². The molecule has 1 rings (SSSR count). The molecule has 1 amide bonds. The van der Waals surface area contributed by atoms with Crippen molar-refractivity contribution in [1.29, 1.82) is 0 Å². The molecule has 0 bridgehead atoms. The van der Waals surface area contributed by atoms with Crippen LogP contribution in [0, 0.1) is 17.5 Å². The Bertz CT molecular complexity index is 415. The van der Waals surface area contributed by atoms with Crippen LogP contribution < -0.4 is 5.73 Å². The summed E-state index contributed by atoms with van der Waals surface area (Å²) in [6.45, 7) is 2.46. The van der Waals surface area contributed by atoms with Gasteiger partial charge in [-0.05, 0) is 26.0 Å². The Kier molecular flexibility index (Phi) is 2.75. The maximum atomic E-state index is 13.3. The lowest BCUT2D eigenvalue weighted by Crippen LogP contribution is -2.37. The van der Waals surface area contributed by atoms with Crippen molar-refractivity contribution in [3.63, 3.8) is 0 Å². The topological polar surface area (TPSA) is 43.1 Å². The Hall–Kier alpha value is -1.52. The molecule has 0 heterocycles. The molecular formula is C10H10F3NO. The number of halogens is 3. The van der Waals surface area contributed by atoms with Crippen molar-refractivity contribution >= 4 is 5.91 Å². The van der Waals surface area contributed by atoms with Gasteiger partial charge in [0, 0.05) is 5.56 Å². The van der Waals surface area contributed by atoms with Gasteiger partial charge in [-0.15, -0.1) is 0 Å². The average molecular weight is 217 g/mol. The molecule has 0 atom stereocenters. The number of carbonyl (C=O) groups excluding carboxylic acids is 1. The molecule has 2 N–H and O–H groups in total. The quantitative estimate of drug-likeness (QED) is 0.755. The van der Waals surface area contributed by atoms with Gasteiger partial charge in [-0.3, -0.25) is 4.79 Å². The van der Waals surface area contributed by atoms with E-state index < -0.39 is 34.3 Å². The first-order chi connectivity index (χ1) is 6.78. The second-order valence-corrected chi connectivity index (χ2v) is 3.71. The smallest absolute Gasteiger partial charge is 0.227 e. The van der Waals surface area contributed by atoms with Gasteiger partial charge >= 0.3 is 0 Å². The summed E-state index contributed by atoms with van der Waals surface area (Å²) in [4.78, 5) is 11.0. The van der Waals surface area contributed by atoms with E-state index in [1.807, 2.05) is 0 Å². The number of primary amides is 1. The highest BCUT2D eigenvalue weighted by molar-refractivity contribution is 5.85. The van der Waals surface area contributed by atoms with Crippen LogP contribution in [0.4, 0.5) is 13.2 Å². The normalized spacial score (nSPS) is 11.5. The van der Waals surface area contributed by atoms with Gasteiger partial charge in [0.05, 0.1) is 5.41 Å². The third kappa shape index (κ3) is 1.82. The third-order valence-corrected chi connectivity index (χ3v) is 2.28. The Morgan fingerprint density at radius 3 is 2.13 bits per heavy atom. The van der Waals surface area contributed by atoms with Gasteiger partial charge in [0.1, 0.15) is 5.82 Å². The Morgan fingerprint density at radius 2 is 1.67 bits per heavy atom. The fraction of sp³-hybridized carbons (Fsp3) is 0.300. The van der Waals surface area contributed by atoms with Crippen LogP contribution in [0.5, 0.6) is 0 Å². The first-order valence-corrected chi connectivity index (χ1v) is 4.22. The molecule has 0 aliphatic heterocycles. The molecule has 1 aromatic rings. The molecule has 0 radical (unpaired) electrons. The molecule has 5 heteroatoms. The van der Waals surface area contributed by atoms with Gasteiger partial charge < -0.3 is 5.73 Å². The van der Waals surface area contributed by atoms with E-state index in [-0.39, 0.29) is 0 Å². The number of benzene rings is 1. The first-order valence-electron chi connectivity index (χ1n) is 4.22. The van der Waals surface area contributed by atoms with Gasteiger partial charge in [0.15, 0.2) is 11.6 Å². The first kappa shape index (κ1) is 11.6. The molecule has 15 heavy (non-hydrogen) atoms. The number of nitrogens with two attached hydrogens (primary N) is 1. The largest absolute Gasteiger partial charge is 0.369 e. The molecule has 0 aromatic heterocycles. The van der Waals surface area contributed by atoms with Crippen LogP contribution in [-0.4, -0.2) is 5.91 Å².